The number of benzene rings is 1. The van der Waals surface area contributed by atoms with Gasteiger partial charge in [-0.2, -0.15) is 0 Å². The highest BCUT2D eigenvalue weighted by Crippen LogP contribution is 2.29. The number of thiophene rings is 1. The van der Waals surface area contributed by atoms with Crippen LogP contribution in [0.1, 0.15) is 16.5 Å². The van der Waals surface area contributed by atoms with Gasteiger partial charge in [-0.15, -0.1) is 11.3 Å². The monoisotopic (exact) mass is 268 g/mol. The molecule has 1 heterocycles. The Balaban J connectivity index is 2.05. The molecule has 0 radical (unpaired) electrons. The van der Waals surface area contributed by atoms with Crippen molar-refractivity contribution < 1.29 is 9.84 Å². The number of hydrogen-bond donors (Lipinski definition) is 1. The minimum Gasteiger partial charge on any atom is -0.496 e. The highest BCUT2D eigenvalue weighted by Gasteiger charge is 2.11. The molecule has 1 N–H and O–H groups in total. The van der Waals surface area contributed by atoms with E-state index in [1.165, 1.54) is 11.3 Å². The second-order valence-corrected chi connectivity index (χ2v) is 5.11. The van der Waals surface area contributed by atoms with Crippen LogP contribution in [0.15, 0.2) is 35.7 Å². The fourth-order valence-electron chi connectivity index (χ4n) is 1.56. The molecule has 1 unspecified atom stereocenters. The van der Waals surface area contributed by atoms with Gasteiger partial charge in [0.15, 0.2) is 0 Å². The van der Waals surface area contributed by atoms with Crippen LogP contribution in [0.2, 0.25) is 5.02 Å². The second kappa shape index (κ2) is 5.54. The summed E-state index contributed by atoms with van der Waals surface area (Å²) in [6.07, 6.45) is 0.0889. The molecule has 0 aliphatic carbocycles. The van der Waals surface area contributed by atoms with Gasteiger partial charge < -0.3 is 9.84 Å². The van der Waals surface area contributed by atoms with E-state index >= 15 is 0 Å². The van der Waals surface area contributed by atoms with Crippen LogP contribution in [0.4, 0.5) is 0 Å². The van der Waals surface area contributed by atoms with Crippen LogP contribution in [0.25, 0.3) is 0 Å². The highest BCUT2D eigenvalue weighted by molar-refractivity contribution is 7.10. The van der Waals surface area contributed by atoms with Crippen molar-refractivity contribution in [3.63, 3.8) is 0 Å². The second-order valence-electron chi connectivity index (χ2n) is 3.74. The normalized spacial score (nSPS) is 12.4. The molecular weight excluding hydrogens is 256 g/mol. The largest absolute Gasteiger partial charge is 0.496 e. The summed E-state index contributed by atoms with van der Waals surface area (Å²) in [4.78, 5) is 0.914. The zero-order chi connectivity index (χ0) is 12.3. The van der Waals surface area contributed by atoms with Gasteiger partial charge in [-0.05, 0) is 23.8 Å². The van der Waals surface area contributed by atoms with Crippen LogP contribution >= 0.6 is 22.9 Å². The number of methoxy groups -OCH3 is 1. The SMILES string of the molecule is COc1csc(C(O)Cc2ccc(Cl)cc2)c1. The first kappa shape index (κ1) is 12.4. The molecule has 0 spiro atoms. The van der Waals surface area contributed by atoms with E-state index in [9.17, 15) is 5.11 Å². The van der Waals surface area contributed by atoms with Gasteiger partial charge in [0.2, 0.25) is 0 Å². The lowest BCUT2D eigenvalue weighted by atomic mass is 10.1. The zero-order valence-corrected chi connectivity index (χ0v) is 11.0. The third-order valence-electron chi connectivity index (χ3n) is 2.50. The molecule has 4 heteroatoms. The summed E-state index contributed by atoms with van der Waals surface area (Å²) in [6.45, 7) is 0. The van der Waals surface area contributed by atoms with E-state index < -0.39 is 6.10 Å². The summed E-state index contributed by atoms with van der Waals surface area (Å²) in [7, 11) is 1.62. The topological polar surface area (TPSA) is 29.5 Å². The average Bonchev–Trinajstić information content (AvgIpc) is 2.81. The molecule has 0 aliphatic rings. The Bertz CT molecular complexity index is 478. The zero-order valence-electron chi connectivity index (χ0n) is 9.39. The maximum atomic E-state index is 10.1. The lowest BCUT2D eigenvalue weighted by Crippen LogP contribution is -1.99. The predicted molar refractivity (Wildman–Crippen MR) is 71.0 cm³/mol. The summed E-state index contributed by atoms with van der Waals surface area (Å²) in [5, 5.41) is 12.7. The maximum Gasteiger partial charge on any atom is 0.129 e. The Kier molecular flexibility index (Phi) is 4.05. The smallest absolute Gasteiger partial charge is 0.129 e. The third-order valence-corrected chi connectivity index (χ3v) is 3.77. The first-order chi connectivity index (χ1) is 8.19. The minimum atomic E-state index is -0.495. The summed E-state index contributed by atoms with van der Waals surface area (Å²) in [5.41, 5.74) is 1.06. The van der Waals surface area contributed by atoms with E-state index in [-0.39, 0.29) is 0 Å². The van der Waals surface area contributed by atoms with Crippen molar-refractivity contribution in [3.05, 3.63) is 51.2 Å². The molecule has 17 heavy (non-hydrogen) atoms. The molecule has 0 saturated heterocycles. The van der Waals surface area contributed by atoms with Crippen LogP contribution < -0.4 is 4.74 Å². The fraction of sp³-hybridized carbons (Fsp3) is 0.231. The van der Waals surface area contributed by atoms with Crippen molar-refractivity contribution >= 4 is 22.9 Å². The molecule has 0 fully saturated rings. The Morgan fingerprint density at radius 2 is 2.06 bits per heavy atom. The van der Waals surface area contributed by atoms with E-state index in [0.717, 1.165) is 16.2 Å². The van der Waals surface area contributed by atoms with Crippen molar-refractivity contribution in [3.8, 4) is 5.75 Å². The average molecular weight is 269 g/mol. The quantitative estimate of drug-likeness (QED) is 0.916. The van der Waals surface area contributed by atoms with Gasteiger partial charge in [0, 0.05) is 21.7 Å². The Morgan fingerprint density at radius 3 is 2.65 bits per heavy atom. The van der Waals surface area contributed by atoms with Gasteiger partial charge in [-0.1, -0.05) is 23.7 Å². The molecule has 1 aromatic carbocycles. The lowest BCUT2D eigenvalue weighted by Gasteiger charge is -2.08. The molecule has 1 aromatic heterocycles. The molecule has 0 amide bonds. The van der Waals surface area contributed by atoms with Crippen molar-refractivity contribution in [2.45, 2.75) is 12.5 Å². The molecule has 2 aromatic rings. The molecule has 2 rings (SSSR count). The Morgan fingerprint density at radius 1 is 1.35 bits per heavy atom. The minimum absolute atomic E-state index is 0.495. The number of rotatable bonds is 4. The van der Waals surface area contributed by atoms with Crippen LogP contribution in [0, 0.1) is 0 Å². The van der Waals surface area contributed by atoms with Crippen LogP contribution in [-0.2, 0) is 6.42 Å². The first-order valence-electron chi connectivity index (χ1n) is 5.24. The van der Waals surface area contributed by atoms with E-state index in [0.29, 0.717) is 11.4 Å². The van der Waals surface area contributed by atoms with Gasteiger partial charge in [-0.3, -0.25) is 0 Å². The van der Waals surface area contributed by atoms with E-state index in [1.807, 2.05) is 35.7 Å². The van der Waals surface area contributed by atoms with E-state index in [2.05, 4.69) is 0 Å². The van der Waals surface area contributed by atoms with Gasteiger partial charge in [0.1, 0.15) is 5.75 Å². The third kappa shape index (κ3) is 3.22. The van der Waals surface area contributed by atoms with Crippen LogP contribution in [-0.4, -0.2) is 12.2 Å². The standard InChI is InChI=1S/C13H13ClO2S/c1-16-11-7-13(17-8-11)12(15)6-9-2-4-10(14)5-3-9/h2-5,7-8,12,15H,6H2,1H3. The van der Waals surface area contributed by atoms with Gasteiger partial charge in [0.05, 0.1) is 13.2 Å². The number of halogens is 1. The van der Waals surface area contributed by atoms with E-state index in [4.69, 9.17) is 16.3 Å². The van der Waals surface area contributed by atoms with Crippen LogP contribution in [0.3, 0.4) is 0 Å². The molecule has 2 nitrogen and oxygen atoms in total. The number of aliphatic hydroxyl groups excluding tert-OH is 1. The van der Waals surface area contributed by atoms with Crippen molar-refractivity contribution in [1.29, 1.82) is 0 Å². The summed E-state index contributed by atoms with van der Waals surface area (Å²) < 4.78 is 5.09. The Labute approximate surface area is 109 Å². The first-order valence-corrected chi connectivity index (χ1v) is 6.49. The fourth-order valence-corrected chi connectivity index (χ4v) is 2.53. The van der Waals surface area contributed by atoms with Gasteiger partial charge in [0.25, 0.3) is 0 Å². The molecule has 90 valence electrons. The van der Waals surface area contributed by atoms with E-state index in [1.54, 1.807) is 7.11 Å². The van der Waals surface area contributed by atoms with Crippen LogP contribution in [0.5, 0.6) is 5.75 Å². The molecule has 0 bridgehead atoms. The van der Waals surface area contributed by atoms with Crippen molar-refractivity contribution in [2.24, 2.45) is 0 Å². The number of aliphatic hydroxyl groups is 1. The predicted octanol–water partition coefficient (Wildman–Crippen LogP) is 3.69. The summed E-state index contributed by atoms with van der Waals surface area (Å²) in [6, 6.07) is 9.38. The van der Waals surface area contributed by atoms with Crippen molar-refractivity contribution in [2.75, 3.05) is 7.11 Å². The molecule has 1 atom stereocenters. The summed E-state index contributed by atoms with van der Waals surface area (Å²) in [5.74, 6) is 0.792. The summed E-state index contributed by atoms with van der Waals surface area (Å²) >= 11 is 7.31. The number of hydrogen-bond acceptors (Lipinski definition) is 3. The van der Waals surface area contributed by atoms with Gasteiger partial charge >= 0.3 is 0 Å². The van der Waals surface area contributed by atoms with Gasteiger partial charge in [-0.25, -0.2) is 0 Å². The highest BCUT2D eigenvalue weighted by atomic mass is 35.5. The molecule has 0 aliphatic heterocycles. The molecule has 0 saturated carbocycles. The number of ether oxygens (including phenoxy) is 1. The lowest BCUT2D eigenvalue weighted by molar-refractivity contribution is 0.182. The Hall–Kier alpha value is -1.03. The molecular formula is C13H13ClO2S. The maximum absolute atomic E-state index is 10.1. The van der Waals surface area contributed by atoms with Crippen molar-refractivity contribution in [1.82, 2.24) is 0 Å².